The highest BCUT2D eigenvalue weighted by Gasteiger charge is 2.32. The van der Waals surface area contributed by atoms with Crippen molar-refractivity contribution in [2.75, 3.05) is 5.32 Å². The molecule has 0 spiro atoms. The van der Waals surface area contributed by atoms with Crippen LogP contribution in [0.5, 0.6) is 0 Å². The maximum Gasteiger partial charge on any atom is 0.433 e. The number of anilines is 2. The summed E-state index contributed by atoms with van der Waals surface area (Å²) in [6, 6.07) is 9.91. The van der Waals surface area contributed by atoms with E-state index in [-0.39, 0.29) is 5.52 Å². The molecule has 5 aromatic rings. The van der Waals surface area contributed by atoms with Gasteiger partial charge in [0.2, 0.25) is 0 Å². The number of imidazole rings is 1. The lowest BCUT2D eigenvalue weighted by Crippen LogP contribution is -2.07. The minimum absolute atomic E-state index is 0.256. The number of rotatable bonds is 4. The Balaban J connectivity index is 1.39. The summed E-state index contributed by atoms with van der Waals surface area (Å²) in [4.78, 5) is 27.4. The summed E-state index contributed by atoms with van der Waals surface area (Å²) >= 11 is 0. The van der Waals surface area contributed by atoms with Gasteiger partial charge in [0.1, 0.15) is 34.9 Å². The van der Waals surface area contributed by atoms with Gasteiger partial charge < -0.3 is 10.3 Å². The van der Waals surface area contributed by atoms with Crippen LogP contribution in [0.1, 0.15) is 5.69 Å². The van der Waals surface area contributed by atoms with Crippen LogP contribution in [0.4, 0.5) is 24.7 Å². The van der Waals surface area contributed by atoms with Crippen LogP contribution in [0.3, 0.4) is 0 Å². The Hall–Kier alpha value is -4.41. The summed E-state index contributed by atoms with van der Waals surface area (Å²) in [6.07, 6.45) is 2.82. The number of alkyl halides is 3. The zero-order valence-corrected chi connectivity index (χ0v) is 16.2. The van der Waals surface area contributed by atoms with Crippen LogP contribution in [0.15, 0.2) is 67.5 Å². The zero-order chi connectivity index (χ0) is 22.1. The average molecular weight is 434 g/mol. The van der Waals surface area contributed by atoms with Crippen LogP contribution >= 0.6 is 0 Å². The maximum atomic E-state index is 12.9. The van der Waals surface area contributed by atoms with Crippen LogP contribution in [0.2, 0.25) is 0 Å². The normalized spacial score (nSPS) is 11.6. The highest BCUT2D eigenvalue weighted by molar-refractivity contribution is 5.79. The lowest BCUT2D eigenvalue weighted by Gasteiger charge is -2.07. The summed E-state index contributed by atoms with van der Waals surface area (Å²) in [7, 11) is 0. The Labute approximate surface area is 178 Å². The second kappa shape index (κ2) is 7.69. The van der Waals surface area contributed by atoms with E-state index in [0.29, 0.717) is 39.8 Å². The average Bonchev–Trinajstić information content (AvgIpc) is 3.23. The molecular formula is C21H13F3N8. The molecule has 1 aromatic carbocycles. The summed E-state index contributed by atoms with van der Waals surface area (Å²) in [5.41, 5.74) is 2.30. The molecule has 8 nitrogen and oxygen atoms in total. The second-order valence-electron chi connectivity index (χ2n) is 6.76. The Morgan fingerprint density at radius 1 is 0.875 bits per heavy atom. The Morgan fingerprint density at radius 2 is 1.78 bits per heavy atom. The van der Waals surface area contributed by atoms with Gasteiger partial charge in [-0.05, 0) is 24.3 Å². The SMILES string of the molecule is FC(F)(F)c1cc2[nH]c(-c3cccc(Nc4cnc(-c5ccncn5)cn4)c3)nc2cn1. The first-order valence-corrected chi connectivity index (χ1v) is 9.34. The fourth-order valence-electron chi connectivity index (χ4n) is 3.06. The number of aromatic nitrogens is 7. The van der Waals surface area contributed by atoms with Gasteiger partial charge in [0.25, 0.3) is 0 Å². The Morgan fingerprint density at radius 3 is 2.53 bits per heavy atom. The molecule has 11 heteroatoms. The number of nitrogens with one attached hydrogen (secondary N) is 2. The van der Waals surface area contributed by atoms with Gasteiger partial charge in [-0.2, -0.15) is 13.2 Å². The van der Waals surface area contributed by atoms with Crippen LogP contribution in [-0.2, 0) is 6.18 Å². The van der Waals surface area contributed by atoms with Crippen molar-refractivity contribution in [1.82, 2.24) is 34.9 Å². The molecule has 0 radical (unpaired) electrons. The van der Waals surface area contributed by atoms with E-state index in [2.05, 4.69) is 40.2 Å². The van der Waals surface area contributed by atoms with Gasteiger partial charge in [0.05, 0.1) is 29.8 Å². The molecule has 2 N–H and O–H groups in total. The van der Waals surface area contributed by atoms with Gasteiger partial charge in [-0.1, -0.05) is 12.1 Å². The van der Waals surface area contributed by atoms with Crippen molar-refractivity contribution in [3.05, 3.63) is 73.2 Å². The van der Waals surface area contributed by atoms with E-state index < -0.39 is 11.9 Å². The standard InChI is InChI=1S/C21H13F3N8/c22-21(23,24)18-7-15-17(9-27-18)32-20(31-15)12-2-1-3-13(6-12)30-19-10-26-16(8-28-19)14-4-5-25-11-29-14/h1-11H,(H,28,30)(H,31,32). The molecule has 0 bridgehead atoms. The number of benzene rings is 1. The van der Waals surface area contributed by atoms with E-state index in [1.807, 2.05) is 6.07 Å². The summed E-state index contributed by atoms with van der Waals surface area (Å²) < 4.78 is 38.7. The number of fused-ring (bicyclic) bond motifs is 1. The lowest BCUT2D eigenvalue weighted by molar-refractivity contribution is -0.141. The topological polar surface area (TPSA) is 105 Å². The van der Waals surface area contributed by atoms with E-state index in [1.165, 1.54) is 6.33 Å². The van der Waals surface area contributed by atoms with Gasteiger partial charge in [-0.25, -0.2) is 29.9 Å². The van der Waals surface area contributed by atoms with Crippen molar-refractivity contribution in [2.24, 2.45) is 0 Å². The molecule has 0 atom stereocenters. The van der Waals surface area contributed by atoms with Crippen molar-refractivity contribution in [2.45, 2.75) is 6.18 Å². The number of halogens is 3. The molecule has 0 saturated heterocycles. The van der Waals surface area contributed by atoms with Crippen molar-refractivity contribution >= 4 is 22.5 Å². The number of hydrogen-bond donors (Lipinski definition) is 2. The first-order chi connectivity index (χ1) is 15.5. The van der Waals surface area contributed by atoms with Crippen LogP contribution < -0.4 is 5.32 Å². The molecule has 4 aromatic heterocycles. The number of nitrogens with zero attached hydrogens (tertiary/aromatic N) is 6. The van der Waals surface area contributed by atoms with Crippen molar-refractivity contribution in [3.8, 4) is 22.8 Å². The van der Waals surface area contributed by atoms with Gasteiger partial charge in [-0.15, -0.1) is 0 Å². The predicted molar refractivity (Wildman–Crippen MR) is 111 cm³/mol. The smallest absolute Gasteiger partial charge is 0.339 e. The van der Waals surface area contributed by atoms with E-state index in [1.54, 1.807) is 42.9 Å². The molecule has 4 heterocycles. The molecule has 0 aliphatic carbocycles. The first-order valence-electron chi connectivity index (χ1n) is 9.34. The fraction of sp³-hybridized carbons (Fsp3) is 0.0476. The second-order valence-corrected chi connectivity index (χ2v) is 6.76. The molecule has 0 aliphatic heterocycles. The molecule has 0 saturated carbocycles. The van der Waals surface area contributed by atoms with Crippen LogP contribution in [0.25, 0.3) is 33.8 Å². The number of aromatic amines is 1. The quantitative estimate of drug-likeness (QED) is 0.425. The predicted octanol–water partition coefficient (Wildman–Crippen LogP) is 4.63. The molecule has 0 unspecified atom stereocenters. The zero-order valence-electron chi connectivity index (χ0n) is 16.2. The molecular weight excluding hydrogens is 421 g/mol. The summed E-state index contributed by atoms with van der Waals surface area (Å²) in [5, 5.41) is 3.15. The monoisotopic (exact) mass is 434 g/mol. The third-order valence-electron chi connectivity index (χ3n) is 4.56. The third kappa shape index (κ3) is 3.95. The van der Waals surface area contributed by atoms with Crippen LogP contribution in [-0.4, -0.2) is 34.9 Å². The fourth-order valence-corrected chi connectivity index (χ4v) is 3.06. The Kier molecular flexibility index (Phi) is 4.70. The van der Waals surface area contributed by atoms with E-state index in [4.69, 9.17) is 0 Å². The van der Waals surface area contributed by atoms with Crippen LogP contribution in [0, 0.1) is 0 Å². The number of H-pyrrole nitrogens is 1. The number of pyridine rings is 1. The molecule has 158 valence electrons. The number of hydrogen-bond acceptors (Lipinski definition) is 7. The van der Waals surface area contributed by atoms with E-state index >= 15 is 0 Å². The van der Waals surface area contributed by atoms with Gasteiger partial charge in [0.15, 0.2) is 0 Å². The van der Waals surface area contributed by atoms with E-state index in [0.717, 1.165) is 12.3 Å². The molecule has 5 rings (SSSR count). The van der Waals surface area contributed by atoms with Crippen molar-refractivity contribution in [1.29, 1.82) is 0 Å². The van der Waals surface area contributed by atoms with Gasteiger partial charge >= 0.3 is 6.18 Å². The molecule has 0 amide bonds. The Bertz CT molecular complexity index is 1380. The highest BCUT2D eigenvalue weighted by atomic mass is 19.4. The first kappa shape index (κ1) is 19.5. The largest absolute Gasteiger partial charge is 0.433 e. The van der Waals surface area contributed by atoms with Gasteiger partial charge in [-0.3, -0.25) is 0 Å². The minimum Gasteiger partial charge on any atom is -0.339 e. The summed E-state index contributed by atoms with van der Waals surface area (Å²) in [5.74, 6) is 0.943. The highest BCUT2D eigenvalue weighted by Crippen LogP contribution is 2.30. The minimum atomic E-state index is -4.52. The third-order valence-corrected chi connectivity index (χ3v) is 4.56. The summed E-state index contributed by atoms with van der Waals surface area (Å²) in [6.45, 7) is 0. The van der Waals surface area contributed by atoms with E-state index in [9.17, 15) is 13.2 Å². The van der Waals surface area contributed by atoms with Crippen molar-refractivity contribution in [3.63, 3.8) is 0 Å². The molecule has 32 heavy (non-hydrogen) atoms. The molecule has 0 fully saturated rings. The maximum absolute atomic E-state index is 12.9. The lowest BCUT2D eigenvalue weighted by atomic mass is 10.2. The van der Waals surface area contributed by atoms with Crippen molar-refractivity contribution < 1.29 is 13.2 Å². The molecule has 0 aliphatic rings. The van der Waals surface area contributed by atoms with Gasteiger partial charge in [0, 0.05) is 17.4 Å².